The number of alkyl halides is 1. The molecule has 1 heterocycles. The van der Waals surface area contributed by atoms with E-state index in [-0.39, 0.29) is 17.1 Å². The molecule has 1 nitrogen and oxygen atoms in total. The van der Waals surface area contributed by atoms with Crippen LogP contribution in [0.1, 0.15) is 35.0 Å². The van der Waals surface area contributed by atoms with Gasteiger partial charge in [-0.2, -0.15) is 0 Å². The van der Waals surface area contributed by atoms with E-state index in [1.165, 1.54) is 6.07 Å². The molecule has 2 rings (SSSR count). The fraction of sp³-hybridized carbons (Fsp3) is 0.267. The summed E-state index contributed by atoms with van der Waals surface area (Å²) in [6, 6.07) is 10.9. The Hall–Kier alpha value is -1.41. The summed E-state index contributed by atoms with van der Waals surface area (Å²) in [7, 11) is 0. The average Bonchev–Trinajstić information content (AvgIpc) is 2.41. The summed E-state index contributed by atoms with van der Waals surface area (Å²) in [5, 5.41) is -0.282. The van der Waals surface area contributed by atoms with E-state index in [1.54, 1.807) is 19.2 Å². The standard InChI is InChI=1S/C15H15ClFN/c1-10-6-7-12(9-13(10)17)15(16)11(2)14-5-3-4-8-18-14/h3-9,11,15H,1-2H3. The number of hydrogen-bond donors (Lipinski definition) is 0. The molecule has 0 saturated carbocycles. The zero-order chi connectivity index (χ0) is 13.1. The number of aryl methyl sites for hydroxylation is 1. The fourth-order valence-corrected chi connectivity index (χ4v) is 2.13. The Morgan fingerprint density at radius 1 is 1.22 bits per heavy atom. The molecular formula is C15H15ClFN. The molecule has 0 amide bonds. The predicted molar refractivity (Wildman–Crippen MR) is 72.4 cm³/mol. The first kappa shape index (κ1) is 13.0. The highest BCUT2D eigenvalue weighted by molar-refractivity contribution is 6.21. The molecule has 1 aromatic heterocycles. The maximum absolute atomic E-state index is 13.5. The highest BCUT2D eigenvalue weighted by Crippen LogP contribution is 2.35. The molecule has 2 aromatic rings. The summed E-state index contributed by atoms with van der Waals surface area (Å²) in [6.45, 7) is 3.74. The van der Waals surface area contributed by atoms with Gasteiger partial charge in [0.25, 0.3) is 0 Å². The third-order valence-corrected chi connectivity index (χ3v) is 3.74. The van der Waals surface area contributed by atoms with Crippen LogP contribution < -0.4 is 0 Å². The van der Waals surface area contributed by atoms with E-state index in [9.17, 15) is 4.39 Å². The molecular weight excluding hydrogens is 249 g/mol. The van der Waals surface area contributed by atoms with Crippen LogP contribution in [-0.2, 0) is 0 Å². The molecule has 0 N–H and O–H groups in total. The number of hydrogen-bond acceptors (Lipinski definition) is 1. The SMILES string of the molecule is Cc1ccc(C(Cl)C(C)c2ccccn2)cc1F. The predicted octanol–water partition coefficient (Wildman–Crippen LogP) is 4.61. The molecule has 0 aliphatic rings. The van der Waals surface area contributed by atoms with Crippen LogP contribution in [-0.4, -0.2) is 4.98 Å². The van der Waals surface area contributed by atoms with Gasteiger partial charge in [0.2, 0.25) is 0 Å². The monoisotopic (exact) mass is 263 g/mol. The number of nitrogens with zero attached hydrogens (tertiary/aromatic N) is 1. The van der Waals surface area contributed by atoms with E-state index >= 15 is 0 Å². The van der Waals surface area contributed by atoms with Gasteiger partial charge in [-0.3, -0.25) is 4.98 Å². The lowest BCUT2D eigenvalue weighted by molar-refractivity contribution is 0.612. The van der Waals surface area contributed by atoms with Crippen LogP contribution in [0.15, 0.2) is 42.6 Å². The van der Waals surface area contributed by atoms with Crippen LogP contribution in [0.2, 0.25) is 0 Å². The van der Waals surface area contributed by atoms with Crippen LogP contribution in [0.4, 0.5) is 4.39 Å². The normalized spacial score (nSPS) is 14.2. The Morgan fingerprint density at radius 3 is 2.61 bits per heavy atom. The number of aromatic nitrogens is 1. The van der Waals surface area contributed by atoms with Crippen molar-refractivity contribution in [2.75, 3.05) is 0 Å². The van der Waals surface area contributed by atoms with Crippen molar-refractivity contribution in [1.29, 1.82) is 0 Å². The van der Waals surface area contributed by atoms with Crippen LogP contribution in [0.25, 0.3) is 0 Å². The molecule has 0 bridgehead atoms. The van der Waals surface area contributed by atoms with Gasteiger partial charge in [0.1, 0.15) is 5.82 Å². The third kappa shape index (κ3) is 2.70. The van der Waals surface area contributed by atoms with E-state index < -0.39 is 0 Å². The molecule has 0 saturated heterocycles. The number of benzene rings is 1. The Labute approximate surface area is 112 Å². The van der Waals surface area contributed by atoms with Crippen LogP contribution in [0.5, 0.6) is 0 Å². The van der Waals surface area contributed by atoms with Gasteiger partial charge in [-0.25, -0.2) is 4.39 Å². The minimum atomic E-state index is -0.282. The van der Waals surface area contributed by atoms with Gasteiger partial charge in [-0.1, -0.05) is 25.1 Å². The van der Waals surface area contributed by atoms with Crippen molar-refractivity contribution in [2.24, 2.45) is 0 Å². The maximum atomic E-state index is 13.5. The zero-order valence-corrected chi connectivity index (χ0v) is 11.2. The maximum Gasteiger partial charge on any atom is 0.126 e. The van der Waals surface area contributed by atoms with Crippen LogP contribution in [0, 0.1) is 12.7 Å². The number of rotatable bonds is 3. The first-order valence-corrected chi connectivity index (χ1v) is 6.34. The molecule has 1 aromatic carbocycles. The van der Waals surface area contributed by atoms with Gasteiger partial charge in [0, 0.05) is 17.8 Å². The second-order valence-electron chi connectivity index (χ2n) is 4.45. The second-order valence-corrected chi connectivity index (χ2v) is 4.92. The molecule has 2 atom stereocenters. The summed E-state index contributed by atoms with van der Waals surface area (Å²) in [4.78, 5) is 4.29. The number of pyridine rings is 1. The smallest absolute Gasteiger partial charge is 0.126 e. The minimum Gasteiger partial charge on any atom is -0.261 e. The molecule has 0 aliphatic carbocycles. The van der Waals surface area contributed by atoms with Crippen molar-refractivity contribution in [3.8, 4) is 0 Å². The van der Waals surface area contributed by atoms with Gasteiger partial charge in [0.05, 0.1) is 5.38 Å². The van der Waals surface area contributed by atoms with E-state index in [2.05, 4.69) is 4.98 Å². The summed E-state index contributed by atoms with van der Waals surface area (Å²) in [5.41, 5.74) is 2.34. The zero-order valence-electron chi connectivity index (χ0n) is 10.4. The molecule has 94 valence electrons. The van der Waals surface area contributed by atoms with Gasteiger partial charge < -0.3 is 0 Å². The largest absolute Gasteiger partial charge is 0.261 e. The van der Waals surface area contributed by atoms with E-state index in [1.807, 2.05) is 31.2 Å². The lowest BCUT2D eigenvalue weighted by atomic mass is 9.96. The second kappa shape index (κ2) is 5.49. The molecule has 3 heteroatoms. The molecule has 0 spiro atoms. The van der Waals surface area contributed by atoms with Gasteiger partial charge in [-0.15, -0.1) is 11.6 Å². The average molecular weight is 264 g/mol. The Morgan fingerprint density at radius 2 is 2.00 bits per heavy atom. The van der Waals surface area contributed by atoms with Crippen molar-refractivity contribution < 1.29 is 4.39 Å². The Kier molecular flexibility index (Phi) is 3.97. The fourth-order valence-electron chi connectivity index (χ4n) is 1.86. The number of halogens is 2. The van der Waals surface area contributed by atoms with Gasteiger partial charge in [0.15, 0.2) is 0 Å². The lowest BCUT2D eigenvalue weighted by Crippen LogP contribution is -2.05. The van der Waals surface area contributed by atoms with Crippen molar-refractivity contribution >= 4 is 11.6 Å². The third-order valence-electron chi connectivity index (χ3n) is 3.11. The van der Waals surface area contributed by atoms with Crippen molar-refractivity contribution in [2.45, 2.75) is 25.1 Å². The highest BCUT2D eigenvalue weighted by atomic mass is 35.5. The molecule has 0 fully saturated rings. The molecule has 0 radical (unpaired) electrons. The molecule has 18 heavy (non-hydrogen) atoms. The Bertz CT molecular complexity index is 527. The topological polar surface area (TPSA) is 12.9 Å². The quantitative estimate of drug-likeness (QED) is 0.737. The molecule has 0 aliphatic heterocycles. The summed E-state index contributed by atoms with van der Waals surface area (Å²) >= 11 is 6.41. The van der Waals surface area contributed by atoms with Crippen molar-refractivity contribution in [3.63, 3.8) is 0 Å². The van der Waals surface area contributed by atoms with Crippen LogP contribution in [0.3, 0.4) is 0 Å². The van der Waals surface area contributed by atoms with Gasteiger partial charge >= 0.3 is 0 Å². The minimum absolute atomic E-state index is 0.0370. The summed E-state index contributed by atoms with van der Waals surface area (Å²) in [6.07, 6.45) is 1.74. The first-order chi connectivity index (χ1) is 8.59. The highest BCUT2D eigenvalue weighted by Gasteiger charge is 2.20. The summed E-state index contributed by atoms with van der Waals surface area (Å²) in [5.74, 6) is -0.179. The summed E-state index contributed by atoms with van der Waals surface area (Å²) < 4.78 is 13.5. The van der Waals surface area contributed by atoms with Crippen molar-refractivity contribution in [1.82, 2.24) is 4.98 Å². The Balaban J connectivity index is 2.25. The van der Waals surface area contributed by atoms with Crippen molar-refractivity contribution in [3.05, 3.63) is 65.2 Å². The van der Waals surface area contributed by atoms with Crippen LogP contribution >= 0.6 is 11.6 Å². The lowest BCUT2D eigenvalue weighted by Gasteiger charge is -2.18. The van der Waals surface area contributed by atoms with Gasteiger partial charge in [-0.05, 0) is 36.2 Å². The first-order valence-electron chi connectivity index (χ1n) is 5.90. The molecule has 2 unspecified atom stereocenters. The van der Waals surface area contributed by atoms with E-state index in [0.717, 1.165) is 11.3 Å². The van der Waals surface area contributed by atoms with E-state index in [0.29, 0.717) is 5.56 Å². The van der Waals surface area contributed by atoms with E-state index in [4.69, 9.17) is 11.6 Å².